The van der Waals surface area contributed by atoms with Crippen molar-refractivity contribution in [2.45, 2.75) is 39.3 Å². The Balaban J connectivity index is 1.93. The lowest BCUT2D eigenvalue weighted by atomic mass is 9.87. The number of hydrogen-bond donors (Lipinski definition) is 1. The minimum atomic E-state index is 0.195. The molecule has 5 heteroatoms. The first-order valence-electron chi connectivity index (χ1n) is 6.63. The smallest absolute Gasteiger partial charge is 0.206 e. The molecule has 0 aliphatic heterocycles. The summed E-state index contributed by atoms with van der Waals surface area (Å²) in [6, 6.07) is 8.69. The highest BCUT2D eigenvalue weighted by Gasteiger charge is 2.12. The maximum atomic E-state index is 5.03. The quantitative estimate of drug-likeness (QED) is 0.914. The van der Waals surface area contributed by atoms with Gasteiger partial charge in [0, 0.05) is 13.7 Å². The first-order valence-corrected chi connectivity index (χ1v) is 7.45. The highest BCUT2D eigenvalue weighted by Crippen LogP contribution is 2.22. The van der Waals surface area contributed by atoms with Gasteiger partial charge in [-0.25, -0.2) is 0 Å². The number of nitrogens with zero attached hydrogens (tertiary/aromatic N) is 2. The van der Waals surface area contributed by atoms with Crippen LogP contribution in [0.1, 0.15) is 36.9 Å². The van der Waals surface area contributed by atoms with E-state index in [2.05, 4.69) is 60.6 Å². The third-order valence-corrected chi connectivity index (χ3v) is 3.85. The van der Waals surface area contributed by atoms with E-state index in [9.17, 15) is 0 Å². The van der Waals surface area contributed by atoms with E-state index in [1.165, 1.54) is 22.5 Å². The molecule has 1 aromatic heterocycles. The normalized spacial score (nSPS) is 11.6. The Morgan fingerprint density at radius 3 is 2.45 bits per heavy atom. The second-order valence-corrected chi connectivity index (χ2v) is 6.80. The van der Waals surface area contributed by atoms with Gasteiger partial charge in [0.1, 0.15) is 11.6 Å². The lowest BCUT2D eigenvalue weighted by molar-refractivity contribution is 0.184. The van der Waals surface area contributed by atoms with Crippen molar-refractivity contribution in [3.05, 3.63) is 40.4 Å². The van der Waals surface area contributed by atoms with Gasteiger partial charge < -0.3 is 10.1 Å². The summed E-state index contributed by atoms with van der Waals surface area (Å²) in [5, 5.41) is 13.1. The van der Waals surface area contributed by atoms with Gasteiger partial charge in [-0.15, -0.1) is 10.2 Å². The molecule has 4 nitrogen and oxygen atoms in total. The van der Waals surface area contributed by atoms with Crippen molar-refractivity contribution in [2.24, 2.45) is 0 Å². The molecule has 0 aliphatic rings. The van der Waals surface area contributed by atoms with Crippen molar-refractivity contribution in [2.75, 3.05) is 12.4 Å². The Hall–Kier alpha value is -1.46. The van der Waals surface area contributed by atoms with E-state index in [1.54, 1.807) is 7.11 Å². The number of ether oxygens (including phenoxy) is 1. The van der Waals surface area contributed by atoms with E-state index in [-0.39, 0.29) is 5.41 Å². The van der Waals surface area contributed by atoms with Crippen molar-refractivity contribution >= 4 is 16.5 Å². The minimum absolute atomic E-state index is 0.195. The molecule has 0 saturated carbocycles. The van der Waals surface area contributed by atoms with E-state index < -0.39 is 0 Å². The van der Waals surface area contributed by atoms with Crippen molar-refractivity contribution in [1.82, 2.24) is 10.2 Å². The second kappa shape index (κ2) is 6.33. The summed E-state index contributed by atoms with van der Waals surface area (Å²) >= 11 is 1.53. The Morgan fingerprint density at radius 2 is 1.85 bits per heavy atom. The number of aromatic nitrogens is 2. The van der Waals surface area contributed by atoms with Gasteiger partial charge >= 0.3 is 0 Å². The van der Waals surface area contributed by atoms with Gasteiger partial charge in [0.15, 0.2) is 0 Å². The molecule has 0 amide bonds. The first-order chi connectivity index (χ1) is 9.49. The maximum absolute atomic E-state index is 5.03. The number of benzene rings is 1. The van der Waals surface area contributed by atoms with Gasteiger partial charge in [-0.05, 0) is 16.5 Å². The molecule has 0 bridgehead atoms. The fourth-order valence-electron chi connectivity index (χ4n) is 1.81. The number of methoxy groups -OCH3 is 1. The maximum Gasteiger partial charge on any atom is 0.206 e. The molecule has 0 unspecified atom stereocenters. The molecule has 108 valence electrons. The average Bonchev–Trinajstić information content (AvgIpc) is 2.84. The van der Waals surface area contributed by atoms with Crippen LogP contribution in [0.4, 0.5) is 5.13 Å². The van der Waals surface area contributed by atoms with Gasteiger partial charge in [-0.2, -0.15) is 0 Å². The summed E-state index contributed by atoms with van der Waals surface area (Å²) in [5.41, 5.74) is 2.78. The number of anilines is 1. The van der Waals surface area contributed by atoms with Gasteiger partial charge in [0.2, 0.25) is 5.13 Å². The number of nitrogens with one attached hydrogen (secondary N) is 1. The van der Waals surface area contributed by atoms with E-state index in [0.29, 0.717) is 6.61 Å². The largest absolute Gasteiger partial charge is 0.377 e. The van der Waals surface area contributed by atoms with Gasteiger partial charge in [-0.1, -0.05) is 56.4 Å². The van der Waals surface area contributed by atoms with Crippen LogP contribution in [0.3, 0.4) is 0 Å². The molecule has 20 heavy (non-hydrogen) atoms. The van der Waals surface area contributed by atoms with E-state index >= 15 is 0 Å². The second-order valence-electron chi connectivity index (χ2n) is 5.73. The fraction of sp³-hybridized carbons (Fsp3) is 0.467. The summed E-state index contributed by atoms with van der Waals surface area (Å²) < 4.78 is 5.03. The van der Waals surface area contributed by atoms with Crippen LogP contribution in [0.15, 0.2) is 24.3 Å². The summed E-state index contributed by atoms with van der Waals surface area (Å²) in [7, 11) is 1.66. The Bertz CT molecular complexity index is 543. The minimum Gasteiger partial charge on any atom is -0.377 e. The molecule has 1 heterocycles. The molecular formula is C15H21N3OS. The fourth-order valence-corrected chi connectivity index (χ4v) is 2.51. The van der Waals surface area contributed by atoms with Gasteiger partial charge in [0.25, 0.3) is 0 Å². The zero-order valence-corrected chi connectivity index (χ0v) is 13.3. The van der Waals surface area contributed by atoms with Crippen LogP contribution in [0.5, 0.6) is 0 Å². The van der Waals surface area contributed by atoms with Crippen molar-refractivity contribution in [3.8, 4) is 0 Å². The Kier molecular flexibility index (Phi) is 4.73. The van der Waals surface area contributed by atoms with Crippen LogP contribution in [-0.2, 0) is 23.3 Å². The topological polar surface area (TPSA) is 47.0 Å². The van der Waals surface area contributed by atoms with Crippen molar-refractivity contribution in [3.63, 3.8) is 0 Å². The molecule has 2 aromatic rings. The van der Waals surface area contributed by atoms with Gasteiger partial charge in [0.05, 0.1) is 0 Å². The lowest BCUT2D eigenvalue weighted by Gasteiger charge is -2.19. The zero-order chi connectivity index (χ0) is 14.6. The van der Waals surface area contributed by atoms with Gasteiger partial charge in [-0.3, -0.25) is 0 Å². The average molecular weight is 291 g/mol. The summed E-state index contributed by atoms with van der Waals surface area (Å²) in [6.07, 6.45) is 0. The van der Waals surface area contributed by atoms with E-state index in [1.807, 2.05) is 0 Å². The highest BCUT2D eigenvalue weighted by molar-refractivity contribution is 7.15. The van der Waals surface area contributed by atoms with Crippen LogP contribution in [0, 0.1) is 0 Å². The van der Waals surface area contributed by atoms with Crippen LogP contribution in [-0.4, -0.2) is 17.3 Å². The third-order valence-electron chi connectivity index (χ3n) is 3.00. The molecule has 1 N–H and O–H groups in total. The third kappa shape index (κ3) is 4.02. The monoisotopic (exact) mass is 291 g/mol. The molecule has 2 rings (SSSR count). The molecule has 0 aliphatic carbocycles. The first kappa shape index (κ1) is 14.9. The Morgan fingerprint density at radius 1 is 1.15 bits per heavy atom. The molecule has 0 atom stereocenters. The molecule has 0 fully saturated rings. The molecule has 0 radical (unpaired) electrons. The number of rotatable bonds is 5. The van der Waals surface area contributed by atoms with Crippen LogP contribution in [0.25, 0.3) is 0 Å². The summed E-state index contributed by atoms with van der Waals surface area (Å²) in [4.78, 5) is 0. The predicted molar refractivity (Wildman–Crippen MR) is 83.1 cm³/mol. The van der Waals surface area contributed by atoms with Crippen LogP contribution < -0.4 is 5.32 Å². The van der Waals surface area contributed by atoms with Crippen molar-refractivity contribution < 1.29 is 4.74 Å². The Labute approximate surface area is 124 Å². The summed E-state index contributed by atoms with van der Waals surface area (Å²) in [6.45, 7) is 7.93. The molecule has 0 saturated heterocycles. The zero-order valence-electron chi connectivity index (χ0n) is 12.4. The standard InChI is InChI=1S/C15H21N3OS/c1-15(2,3)12-7-5-11(6-8-12)9-16-14-18-17-13(20-14)10-19-4/h5-8H,9-10H2,1-4H3,(H,16,18). The SMILES string of the molecule is COCc1nnc(NCc2ccc(C(C)(C)C)cc2)s1. The number of hydrogen-bond acceptors (Lipinski definition) is 5. The van der Waals surface area contributed by atoms with Crippen molar-refractivity contribution in [1.29, 1.82) is 0 Å². The molecular weight excluding hydrogens is 270 g/mol. The molecule has 0 spiro atoms. The predicted octanol–water partition coefficient (Wildman–Crippen LogP) is 3.59. The van der Waals surface area contributed by atoms with E-state index in [0.717, 1.165) is 16.7 Å². The van der Waals surface area contributed by atoms with Crippen LogP contribution >= 0.6 is 11.3 Å². The molecule has 1 aromatic carbocycles. The lowest BCUT2D eigenvalue weighted by Crippen LogP contribution is -2.11. The highest BCUT2D eigenvalue weighted by atomic mass is 32.1. The van der Waals surface area contributed by atoms with Crippen LogP contribution in [0.2, 0.25) is 0 Å². The summed E-state index contributed by atoms with van der Waals surface area (Å²) in [5.74, 6) is 0. The van der Waals surface area contributed by atoms with E-state index in [4.69, 9.17) is 4.74 Å².